The van der Waals surface area contributed by atoms with E-state index in [0.29, 0.717) is 19.6 Å². The molecule has 4 rings (SSSR count). The largest absolute Gasteiger partial charge is 0.496 e. The zero-order chi connectivity index (χ0) is 20.5. The van der Waals surface area contributed by atoms with Gasteiger partial charge in [-0.1, -0.05) is 6.92 Å². The number of hydrogen-bond acceptors (Lipinski definition) is 5. The average Bonchev–Trinajstić information content (AvgIpc) is 2.75. The van der Waals surface area contributed by atoms with Gasteiger partial charge in [-0.3, -0.25) is 4.79 Å². The molecule has 1 atom stereocenters. The maximum absolute atomic E-state index is 12.5. The molecule has 1 saturated heterocycles. The molecule has 1 fully saturated rings. The van der Waals surface area contributed by atoms with E-state index in [9.17, 15) is 14.7 Å². The zero-order valence-corrected chi connectivity index (χ0v) is 16.8. The van der Waals surface area contributed by atoms with Gasteiger partial charge in [-0.25, -0.2) is 4.79 Å². The number of ether oxygens (including phenoxy) is 3. The summed E-state index contributed by atoms with van der Waals surface area (Å²) in [5.41, 5.74) is 3.79. The number of fused-ring (bicyclic) bond motifs is 2. The van der Waals surface area contributed by atoms with Crippen LogP contribution in [0, 0.1) is 5.92 Å². The SMILES string of the molecule is CCc1cc2c(cc1OC)OC(C1COC1)C1=C2CCCCC(=O)C(C(=O)O)=C1. The number of aryl methyl sites for hydroxylation is 1. The maximum Gasteiger partial charge on any atom is 0.339 e. The molecule has 0 spiro atoms. The Bertz CT molecular complexity index is 906. The van der Waals surface area contributed by atoms with Crippen molar-refractivity contribution >= 4 is 17.3 Å². The topological polar surface area (TPSA) is 82.1 Å². The van der Waals surface area contributed by atoms with Crippen LogP contribution in [0.2, 0.25) is 0 Å². The lowest BCUT2D eigenvalue weighted by Crippen LogP contribution is -2.43. The zero-order valence-electron chi connectivity index (χ0n) is 16.8. The van der Waals surface area contributed by atoms with Crippen molar-refractivity contribution in [2.45, 2.75) is 45.1 Å². The lowest BCUT2D eigenvalue weighted by atomic mass is 9.82. The molecule has 0 amide bonds. The number of methoxy groups -OCH3 is 1. The summed E-state index contributed by atoms with van der Waals surface area (Å²) < 4.78 is 17.3. The average molecular weight is 398 g/mol. The van der Waals surface area contributed by atoms with Crippen LogP contribution in [0.4, 0.5) is 0 Å². The van der Waals surface area contributed by atoms with Gasteiger partial charge in [-0.05, 0) is 54.5 Å². The Morgan fingerprint density at radius 2 is 2.00 bits per heavy atom. The molecule has 0 radical (unpaired) electrons. The molecule has 154 valence electrons. The number of allylic oxidation sites excluding steroid dienone is 1. The van der Waals surface area contributed by atoms with Crippen LogP contribution in [0.5, 0.6) is 11.5 Å². The van der Waals surface area contributed by atoms with Gasteiger partial charge in [0.1, 0.15) is 23.2 Å². The van der Waals surface area contributed by atoms with Crippen molar-refractivity contribution in [3.63, 3.8) is 0 Å². The van der Waals surface area contributed by atoms with E-state index in [1.165, 1.54) is 0 Å². The minimum absolute atomic E-state index is 0.132. The summed E-state index contributed by atoms with van der Waals surface area (Å²) in [6.45, 7) is 3.19. The van der Waals surface area contributed by atoms with E-state index in [1.807, 2.05) is 6.07 Å². The number of carbonyl (C=O) groups excluding carboxylic acids is 1. The Balaban J connectivity index is 1.93. The fraction of sp³-hybridized carbons (Fsp3) is 0.478. The number of ketones is 1. The van der Waals surface area contributed by atoms with Gasteiger partial charge in [-0.15, -0.1) is 0 Å². The predicted octanol–water partition coefficient (Wildman–Crippen LogP) is 3.57. The molecule has 1 N–H and O–H groups in total. The highest BCUT2D eigenvalue weighted by molar-refractivity contribution is 6.17. The van der Waals surface area contributed by atoms with Gasteiger partial charge >= 0.3 is 5.97 Å². The second-order valence-electron chi connectivity index (χ2n) is 7.78. The first-order valence-corrected chi connectivity index (χ1v) is 10.2. The molecule has 1 unspecified atom stereocenters. The van der Waals surface area contributed by atoms with Gasteiger partial charge in [0, 0.05) is 24.0 Å². The smallest absolute Gasteiger partial charge is 0.339 e. The third kappa shape index (κ3) is 3.57. The van der Waals surface area contributed by atoms with E-state index in [0.717, 1.165) is 53.0 Å². The molecule has 0 bridgehead atoms. The summed E-state index contributed by atoms with van der Waals surface area (Å²) in [5.74, 6) is 0.184. The quantitative estimate of drug-likeness (QED) is 0.781. The lowest BCUT2D eigenvalue weighted by Gasteiger charge is -2.39. The molecule has 1 aliphatic carbocycles. The molecule has 0 saturated carbocycles. The Kier molecular flexibility index (Phi) is 5.46. The van der Waals surface area contributed by atoms with Gasteiger partial charge in [-0.2, -0.15) is 0 Å². The Morgan fingerprint density at radius 1 is 1.24 bits per heavy atom. The van der Waals surface area contributed by atoms with Crippen molar-refractivity contribution in [1.82, 2.24) is 0 Å². The fourth-order valence-electron chi connectivity index (χ4n) is 4.30. The number of aliphatic carboxylic acids is 1. The molecule has 29 heavy (non-hydrogen) atoms. The van der Waals surface area contributed by atoms with E-state index in [-0.39, 0.29) is 29.8 Å². The number of Topliss-reactive ketones (excluding diaryl/α,β-unsaturated/α-hetero) is 1. The predicted molar refractivity (Wildman–Crippen MR) is 107 cm³/mol. The number of hydrogen-bond donors (Lipinski definition) is 1. The first-order valence-electron chi connectivity index (χ1n) is 10.2. The lowest BCUT2D eigenvalue weighted by molar-refractivity contribution is -0.134. The highest BCUT2D eigenvalue weighted by Gasteiger charge is 2.38. The first kappa shape index (κ1) is 19.7. The summed E-state index contributed by atoms with van der Waals surface area (Å²) in [6, 6.07) is 4.02. The number of carboxylic acid groups (broad SMARTS) is 1. The van der Waals surface area contributed by atoms with Crippen molar-refractivity contribution in [2.24, 2.45) is 5.92 Å². The molecule has 1 aromatic carbocycles. The van der Waals surface area contributed by atoms with Crippen LogP contribution in [-0.2, 0) is 20.7 Å². The van der Waals surface area contributed by atoms with Crippen LogP contribution in [0.1, 0.15) is 43.7 Å². The number of carboxylic acids is 1. The van der Waals surface area contributed by atoms with E-state index >= 15 is 0 Å². The summed E-state index contributed by atoms with van der Waals surface area (Å²) in [5, 5.41) is 9.66. The maximum atomic E-state index is 12.5. The van der Waals surface area contributed by atoms with E-state index in [1.54, 1.807) is 13.2 Å². The number of rotatable bonds is 4. The Labute approximate surface area is 170 Å². The molecule has 6 nitrogen and oxygen atoms in total. The monoisotopic (exact) mass is 398 g/mol. The summed E-state index contributed by atoms with van der Waals surface area (Å²) in [7, 11) is 1.65. The van der Waals surface area contributed by atoms with Crippen LogP contribution in [0.15, 0.2) is 29.4 Å². The minimum atomic E-state index is -1.18. The van der Waals surface area contributed by atoms with Gasteiger partial charge in [0.15, 0.2) is 5.78 Å². The second kappa shape index (κ2) is 8.03. The molecular weight excluding hydrogens is 372 g/mol. The van der Waals surface area contributed by atoms with Crippen molar-refractivity contribution in [2.75, 3.05) is 20.3 Å². The van der Waals surface area contributed by atoms with Gasteiger partial charge in [0.25, 0.3) is 0 Å². The van der Waals surface area contributed by atoms with Crippen LogP contribution in [0.3, 0.4) is 0 Å². The standard InChI is InChI=1S/C23H26O6/c1-3-13-8-16-15-6-4-5-7-19(24)18(23(25)26)9-17(15)22(14-11-28-12-14)29-21(16)10-20(13)27-2/h8-10,14,22H,3-7,11-12H2,1-2H3,(H,25,26). The van der Waals surface area contributed by atoms with E-state index in [4.69, 9.17) is 14.2 Å². The second-order valence-corrected chi connectivity index (χ2v) is 7.78. The Hall–Kier alpha value is -2.60. The van der Waals surface area contributed by atoms with Crippen LogP contribution in [-0.4, -0.2) is 43.3 Å². The molecule has 1 aromatic rings. The number of carbonyl (C=O) groups is 2. The molecule has 2 aliphatic heterocycles. The first-order chi connectivity index (χ1) is 14.0. The summed E-state index contributed by atoms with van der Waals surface area (Å²) in [6.07, 6.45) is 4.58. The highest BCUT2D eigenvalue weighted by atomic mass is 16.5. The molecule has 6 heteroatoms. The molecular formula is C23H26O6. The van der Waals surface area contributed by atoms with Gasteiger partial charge in [0.05, 0.1) is 20.3 Å². The van der Waals surface area contributed by atoms with Crippen molar-refractivity contribution in [1.29, 1.82) is 0 Å². The van der Waals surface area contributed by atoms with Crippen LogP contribution >= 0.6 is 0 Å². The Morgan fingerprint density at radius 3 is 2.62 bits per heavy atom. The highest BCUT2D eigenvalue weighted by Crippen LogP contribution is 2.45. The third-order valence-corrected chi connectivity index (χ3v) is 6.00. The molecule has 2 heterocycles. The fourth-order valence-corrected chi connectivity index (χ4v) is 4.30. The van der Waals surface area contributed by atoms with Gasteiger partial charge < -0.3 is 19.3 Å². The number of benzene rings is 1. The molecule has 3 aliphatic rings. The van der Waals surface area contributed by atoms with E-state index < -0.39 is 5.97 Å². The normalized spacial score (nSPS) is 22.2. The van der Waals surface area contributed by atoms with Gasteiger partial charge in [0.2, 0.25) is 0 Å². The summed E-state index contributed by atoms with van der Waals surface area (Å²) in [4.78, 5) is 24.3. The van der Waals surface area contributed by atoms with Crippen molar-refractivity contribution in [3.8, 4) is 11.5 Å². The van der Waals surface area contributed by atoms with E-state index in [2.05, 4.69) is 13.0 Å². The third-order valence-electron chi connectivity index (χ3n) is 6.00. The van der Waals surface area contributed by atoms with Crippen molar-refractivity contribution < 1.29 is 28.9 Å². The molecule has 0 aromatic heterocycles. The summed E-state index contributed by atoms with van der Waals surface area (Å²) >= 11 is 0. The van der Waals surface area contributed by atoms with Crippen molar-refractivity contribution in [3.05, 3.63) is 40.5 Å². The minimum Gasteiger partial charge on any atom is -0.496 e. The van der Waals surface area contributed by atoms with Crippen LogP contribution < -0.4 is 9.47 Å². The van der Waals surface area contributed by atoms with Crippen LogP contribution in [0.25, 0.3) is 5.57 Å².